The number of aryl methyl sites for hydroxylation is 1. The summed E-state index contributed by atoms with van der Waals surface area (Å²) < 4.78 is 7.76. The lowest BCUT2D eigenvalue weighted by atomic mass is 10.0. The normalized spacial score (nSPS) is 19.9. The Labute approximate surface area is 107 Å². The number of hydrogen-bond acceptors (Lipinski definition) is 3. The van der Waals surface area contributed by atoms with E-state index in [1.165, 1.54) is 11.1 Å². The second kappa shape index (κ2) is 4.92. The summed E-state index contributed by atoms with van der Waals surface area (Å²) in [6.07, 6.45) is 3.88. The molecule has 18 heavy (non-hydrogen) atoms. The average Bonchev–Trinajstić information content (AvgIpc) is 2.86. The van der Waals surface area contributed by atoms with Crippen LogP contribution in [0.15, 0.2) is 36.8 Å². The van der Waals surface area contributed by atoms with Crippen LogP contribution in [0, 0.1) is 0 Å². The molecule has 1 aliphatic heterocycles. The van der Waals surface area contributed by atoms with Gasteiger partial charge in [0.05, 0.1) is 30.9 Å². The van der Waals surface area contributed by atoms with Crippen LogP contribution >= 0.6 is 0 Å². The fraction of sp³-hybridized carbons (Fsp3) is 0.357. The van der Waals surface area contributed by atoms with Crippen molar-refractivity contribution in [1.82, 2.24) is 14.9 Å². The van der Waals surface area contributed by atoms with Crippen molar-refractivity contribution < 1.29 is 4.74 Å². The van der Waals surface area contributed by atoms with Gasteiger partial charge in [-0.25, -0.2) is 4.98 Å². The van der Waals surface area contributed by atoms with E-state index in [9.17, 15) is 0 Å². The van der Waals surface area contributed by atoms with E-state index in [2.05, 4.69) is 34.6 Å². The number of ether oxygens (including phenoxy) is 1. The van der Waals surface area contributed by atoms with E-state index >= 15 is 0 Å². The third kappa shape index (κ3) is 2.17. The van der Waals surface area contributed by atoms with Gasteiger partial charge in [-0.1, -0.05) is 24.3 Å². The third-order valence-corrected chi connectivity index (χ3v) is 3.32. The first-order valence-electron chi connectivity index (χ1n) is 6.23. The van der Waals surface area contributed by atoms with Gasteiger partial charge in [0.15, 0.2) is 0 Å². The first-order chi connectivity index (χ1) is 8.84. The summed E-state index contributed by atoms with van der Waals surface area (Å²) in [5.41, 5.74) is 3.54. The van der Waals surface area contributed by atoms with E-state index in [0.717, 1.165) is 25.4 Å². The van der Waals surface area contributed by atoms with E-state index in [-0.39, 0.29) is 6.10 Å². The van der Waals surface area contributed by atoms with Crippen molar-refractivity contribution in [3.05, 3.63) is 42.4 Å². The highest BCUT2D eigenvalue weighted by molar-refractivity contribution is 5.59. The smallest absolute Gasteiger partial charge is 0.0949 e. The molecule has 1 aromatic heterocycles. The molecule has 94 valence electrons. The molecule has 3 rings (SSSR count). The molecule has 0 amide bonds. The molecule has 0 bridgehead atoms. The molecule has 1 aromatic carbocycles. The third-order valence-electron chi connectivity index (χ3n) is 3.32. The molecule has 4 nitrogen and oxygen atoms in total. The first-order valence-corrected chi connectivity index (χ1v) is 6.23. The number of nitrogens with one attached hydrogen (secondary N) is 1. The highest BCUT2D eigenvalue weighted by Gasteiger charge is 2.15. The lowest BCUT2D eigenvalue weighted by Gasteiger charge is -2.24. The van der Waals surface area contributed by atoms with Crippen molar-refractivity contribution in [2.24, 2.45) is 7.05 Å². The quantitative estimate of drug-likeness (QED) is 0.873. The van der Waals surface area contributed by atoms with E-state index < -0.39 is 0 Å². The number of aromatic nitrogens is 2. The number of hydrogen-bond donors (Lipinski definition) is 1. The Bertz CT molecular complexity index is 512. The lowest BCUT2D eigenvalue weighted by Crippen LogP contribution is -2.33. The maximum Gasteiger partial charge on any atom is 0.0949 e. The van der Waals surface area contributed by atoms with Gasteiger partial charge in [-0.05, 0) is 11.1 Å². The molecule has 1 aliphatic rings. The fourth-order valence-electron chi connectivity index (χ4n) is 2.28. The maximum absolute atomic E-state index is 5.74. The zero-order chi connectivity index (χ0) is 12.4. The molecular formula is C14H17N3O. The van der Waals surface area contributed by atoms with Gasteiger partial charge in [-0.2, -0.15) is 0 Å². The van der Waals surface area contributed by atoms with Gasteiger partial charge < -0.3 is 14.6 Å². The van der Waals surface area contributed by atoms with Gasteiger partial charge in [-0.15, -0.1) is 0 Å². The van der Waals surface area contributed by atoms with E-state index in [4.69, 9.17) is 4.74 Å². The topological polar surface area (TPSA) is 39.1 Å². The summed E-state index contributed by atoms with van der Waals surface area (Å²) >= 11 is 0. The van der Waals surface area contributed by atoms with Crippen molar-refractivity contribution in [1.29, 1.82) is 0 Å². The van der Waals surface area contributed by atoms with Gasteiger partial charge in [0.25, 0.3) is 0 Å². The summed E-state index contributed by atoms with van der Waals surface area (Å²) in [5, 5.41) is 3.35. The van der Waals surface area contributed by atoms with Crippen LogP contribution in [-0.2, 0) is 11.8 Å². The van der Waals surface area contributed by atoms with Gasteiger partial charge >= 0.3 is 0 Å². The van der Waals surface area contributed by atoms with Crippen LogP contribution in [0.3, 0.4) is 0 Å². The van der Waals surface area contributed by atoms with Gasteiger partial charge in [-0.3, -0.25) is 0 Å². The molecule has 1 fully saturated rings. The average molecular weight is 243 g/mol. The second-order valence-corrected chi connectivity index (χ2v) is 4.58. The van der Waals surface area contributed by atoms with Crippen LogP contribution in [0.4, 0.5) is 0 Å². The minimum Gasteiger partial charge on any atom is -0.371 e. The van der Waals surface area contributed by atoms with Crippen molar-refractivity contribution >= 4 is 0 Å². The molecule has 1 saturated heterocycles. The lowest BCUT2D eigenvalue weighted by molar-refractivity contribution is 0.0277. The fourth-order valence-corrected chi connectivity index (χ4v) is 2.28. The van der Waals surface area contributed by atoms with Crippen molar-refractivity contribution in [2.45, 2.75) is 6.10 Å². The van der Waals surface area contributed by atoms with Crippen molar-refractivity contribution in [3.8, 4) is 11.3 Å². The molecule has 0 radical (unpaired) electrons. The van der Waals surface area contributed by atoms with Crippen molar-refractivity contribution in [3.63, 3.8) is 0 Å². The van der Waals surface area contributed by atoms with Crippen LogP contribution in [0.5, 0.6) is 0 Å². The SMILES string of the molecule is Cn1cncc1-c1ccc([C@@H]2CNCCO2)cc1. The summed E-state index contributed by atoms with van der Waals surface area (Å²) in [7, 11) is 2.00. The van der Waals surface area contributed by atoms with E-state index in [0.29, 0.717) is 0 Å². The van der Waals surface area contributed by atoms with Crippen LogP contribution in [-0.4, -0.2) is 29.2 Å². The highest BCUT2D eigenvalue weighted by atomic mass is 16.5. The van der Waals surface area contributed by atoms with Gasteiger partial charge in [0, 0.05) is 20.1 Å². The largest absolute Gasteiger partial charge is 0.371 e. The second-order valence-electron chi connectivity index (χ2n) is 4.58. The minimum atomic E-state index is 0.180. The first kappa shape index (κ1) is 11.4. The summed E-state index contributed by atoms with van der Waals surface area (Å²) in [6.45, 7) is 2.63. The molecule has 0 aliphatic carbocycles. The molecule has 1 N–H and O–H groups in total. The van der Waals surface area contributed by atoms with E-state index in [1.807, 2.05) is 24.1 Å². The molecular weight excluding hydrogens is 226 g/mol. The highest BCUT2D eigenvalue weighted by Crippen LogP contribution is 2.23. The van der Waals surface area contributed by atoms with Crippen LogP contribution in [0.25, 0.3) is 11.3 Å². The predicted octanol–water partition coefficient (Wildman–Crippen LogP) is 1.75. The summed E-state index contributed by atoms with van der Waals surface area (Å²) in [5.74, 6) is 0. The number of benzene rings is 1. The Morgan fingerprint density at radius 3 is 2.78 bits per heavy atom. The Balaban J connectivity index is 1.82. The minimum absolute atomic E-state index is 0.180. The Hall–Kier alpha value is -1.65. The number of morpholine rings is 1. The Kier molecular flexibility index (Phi) is 3.13. The van der Waals surface area contributed by atoms with Gasteiger partial charge in [0.1, 0.15) is 0 Å². The molecule has 0 saturated carbocycles. The molecule has 1 atom stereocenters. The molecule has 4 heteroatoms. The zero-order valence-electron chi connectivity index (χ0n) is 10.5. The monoisotopic (exact) mass is 243 g/mol. The maximum atomic E-state index is 5.74. The van der Waals surface area contributed by atoms with Gasteiger partial charge in [0.2, 0.25) is 0 Å². The molecule has 0 unspecified atom stereocenters. The summed E-state index contributed by atoms with van der Waals surface area (Å²) in [6, 6.07) is 8.54. The van der Waals surface area contributed by atoms with Crippen LogP contribution < -0.4 is 5.32 Å². The number of rotatable bonds is 2. The number of nitrogens with zero attached hydrogens (tertiary/aromatic N) is 2. The van der Waals surface area contributed by atoms with Crippen LogP contribution in [0.2, 0.25) is 0 Å². The number of imidazole rings is 1. The molecule has 0 spiro atoms. The zero-order valence-corrected chi connectivity index (χ0v) is 10.5. The standard InChI is InChI=1S/C14H17N3O/c1-17-10-16-8-13(17)11-2-4-12(5-3-11)14-9-15-6-7-18-14/h2-5,8,10,14-15H,6-7,9H2,1H3/t14-/m0/s1. The Morgan fingerprint density at radius 1 is 1.33 bits per heavy atom. The Morgan fingerprint density at radius 2 is 2.17 bits per heavy atom. The van der Waals surface area contributed by atoms with Crippen molar-refractivity contribution in [2.75, 3.05) is 19.7 Å². The molecule has 2 heterocycles. The van der Waals surface area contributed by atoms with E-state index in [1.54, 1.807) is 0 Å². The molecule has 2 aromatic rings. The predicted molar refractivity (Wildman–Crippen MR) is 70.2 cm³/mol. The summed E-state index contributed by atoms with van der Waals surface area (Å²) in [4.78, 5) is 4.14. The van der Waals surface area contributed by atoms with Crippen LogP contribution in [0.1, 0.15) is 11.7 Å².